The molecule has 0 saturated heterocycles. The zero-order valence-corrected chi connectivity index (χ0v) is 11.7. The topological polar surface area (TPSA) is 20.2 Å². The predicted molar refractivity (Wildman–Crippen MR) is 74.1 cm³/mol. The summed E-state index contributed by atoms with van der Waals surface area (Å²) in [4.78, 5) is 0. The normalized spacial score (nSPS) is 12.6. The highest BCUT2D eigenvalue weighted by Crippen LogP contribution is 2.16. The lowest BCUT2D eigenvalue weighted by Gasteiger charge is -2.11. The molecular weight excluding hydrogens is 246 g/mol. The van der Waals surface area contributed by atoms with E-state index in [9.17, 15) is 13.9 Å². The quantitative estimate of drug-likeness (QED) is 0.649. The van der Waals surface area contributed by atoms with Gasteiger partial charge in [-0.1, -0.05) is 57.6 Å². The summed E-state index contributed by atoms with van der Waals surface area (Å²) < 4.78 is 26.4. The third-order valence-corrected chi connectivity index (χ3v) is 3.38. The lowest BCUT2D eigenvalue weighted by Crippen LogP contribution is -2.12. The molecule has 19 heavy (non-hydrogen) atoms. The molecule has 0 spiro atoms. The fourth-order valence-electron chi connectivity index (χ4n) is 2.22. The number of halogens is 2. The molecule has 1 atom stereocenters. The first-order valence-corrected chi connectivity index (χ1v) is 7.26. The Hall–Kier alpha value is -0.960. The van der Waals surface area contributed by atoms with Gasteiger partial charge in [0.15, 0.2) is 11.6 Å². The lowest BCUT2D eigenvalue weighted by atomic mass is 10.0. The van der Waals surface area contributed by atoms with Crippen molar-refractivity contribution in [2.75, 3.05) is 0 Å². The van der Waals surface area contributed by atoms with Crippen molar-refractivity contribution in [3.05, 3.63) is 35.4 Å². The van der Waals surface area contributed by atoms with Gasteiger partial charge in [0.25, 0.3) is 0 Å². The van der Waals surface area contributed by atoms with E-state index in [0.29, 0.717) is 6.42 Å². The Kier molecular flexibility index (Phi) is 7.65. The van der Waals surface area contributed by atoms with Crippen molar-refractivity contribution in [1.29, 1.82) is 0 Å². The first-order valence-electron chi connectivity index (χ1n) is 7.26. The van der Waals surface area contributed by atoms with E-state index in [1.54, 1.807) is 0 Å². The van der Waals surface area contributed by atoms with E-state index < -0.39 is 17.7 Å². The standard InChI is InChI=1S/C16H24F2O/c1-2-3-4-5-6-7-10-14(19)12-13-9-8-11-15(17)16(13)18/h8-9,11,14,19H,2-7,10,12H2,1H3. The Labute approximate surface area is 114 Å². The van der Waals surface area contributed by atoms with Crippen molar-refractivity contribution in [2.45, 2.75) is 64.4 Å². The van der Waals surface area contributed by atoms with Gasteiger partial charge in [0.1, 0.15) is 0 Å². The highest BCUT2D eigenvalue weighted by Gasteiger charge is 2.12. The van der Waals surface area contributed by atoms with Crippen molar-refractivity contribution in [3.63, 3.8) is 0 Å². The summed E-state index contributed by atoms with van der Waals surface area (Å²) in [6.45, 7) is 2.18. The molecule has 0 bridgehead atoms. The molecule has 0 aliphatic rings. The minimum atomic E-state index is -0.843. The number of hydrogen-bond acceptors (Lipinski definition) is 1. The van der Waals surface area contributed by atoms with Crippen molar-refractivity contribution in [1.82, 2.24) is 0 Å². The van der Waals surface area contributed by atoms with E-state index in [4.69, 9.17) is 0 Å². The fraction of sp³-hybridized carbons (Fsp3) is 0.625. The summed E-state index contributed by atoms with van der Waals surface area (Å²) in [6, 6.07) is 4.10. The molecule has 3 heteroatoms. The van der Waals surface area contributed by atoms with Gasteiger partial charge in [0, 0.05) is 6.42 Å². The second-order valence-corrected chi connectivity index (χ2v) is 5.13. The summed E-state index contributed by atoms with van der Waals surface area (Å²) in [5.41, 5.74) is 0.262. The average Bonchev–Trinajstić information content (AvgIpc) is 2.39. The van der Waals surface area contributed by atoms with Crippen LogP contribution in [0.25, 0.3) is 0 Å². The van der Waals surface area contributed by atoms with Gasteiger partial charge in [0.05, 0.1) is 6.10 Å². The van der Waals surface area contributed by atoms with Crippen LogP contribution < -0.4 is 0 Å². The summed E-state index contributed by atoms with van der Waals surface area (Å²) >= 11 is 0. The minimum absolute atomic E-state index is 0.193. The summed E-state index contributed by atoms with van der Waals surface area (Å²) in [7, 11) is 0. The molecular formula is C16H24F2O. The van der Waals surface area contributed by atoms with Crippen molar-refractivity contribution in [3.8, 4) is 0 Å². The second-order valence-electron chi connectivity index (χ2n) is 5.13. The molecule has 0 heterocycles. The zero-order valence-electron chi connectivity index (χ0n) is 11.7. The van der Waals surface area contributed by atoms with Crippen molar-refractivity contribution < 1.29 is 13.9 Å². The Morgan fingerprint density at radius 2 is 1.74 bits per heavy atom. The lowest BCUT2D eigenvalue weighted by molar-refractivity contribution is 0.159. The number of rotatable bonds is 9. The van der Waals surface area contributed by atoms with Crippen LogP contribution in [0, 0.1) is 11.6 Å². The third-order valence-electron chi connectivity index (χ3n) is 3.38. The van der Waals surface area contributed by atoms with Gasteiger partial charge in [-0.15, -0.1) is 0 Å². The molecule has 1 unspecified atom stereocenters. The largest absolute Gasteiger partial charge is 0.393 e. The Morgan fingerprint density at radius 1 is 1.05 bits per heavy atom. The van der Waals surface area contributed by atoms with Crippen molar-refractivity contribution >= 4 is 0 Å². The molecule has 0 amide bonds. The molecule has 0 aliphatic heterocycles. The molecule has 1 rings (SSSR count). The number of aliphatic hydroxyl groups is 1. The number of aliphatic hydroxyl groups excluding tert-OH is 1. The second kappa shape index (κ2) is 9.03. The van der Waals surface area contributed by atoms with Crippen molar-refractivity contribution in [2.24, 2.45) is 0 Å². The summed E-state index contributed by atoms with van der Waals surface area (Å²) in [6.07, 6.45) is 7.23. The monoisotopic (exact) mass is 270 g/mol. The number of unbranched alkanes of at least 4 members (excludes halogenated alkanes) is 5. The van der Waals surface area contributed by atoms with Gasteiger partial charge in [-0.25, -0.2) is 8.78 Å². The first kappa shape index (κ1) is 16.1. The molecule has 0 fully saturated rings. The third kappa shape index (κ3) is 6.15. The maximum atomic E-state index is 13.4. The van der Waals surface area contributed by atoms with E-state index in [1.807, 2.05) is 0 Å². The first-order chi connectivity index (χ1) is 9.15. The Morgan fingerprint density at radius 3 is 2.47 bits per heavy atom. The summed E-state index contributed by atoms with van der Waals surface area (Å²) in [5.74, 6) is -1.67. The summed E-state index contributed by atoms with van der Waals surface area (Å²) in [5, 5.41) is 9.83. The van der Waals surface area contributed by atoms with E-state index in [0.717, 1.165) is 18.9 Å². The smallest absolute Gasteiger partial charge is 0.162 e. The molecule has 0 radical (unpaired) electrons. The van der Waals surface area contributed by atoms with Gasteiger partial charge >= 0.3 is 0 Å². The highest BCUT2D eigenvalue weighted by molar-refractivity contribution is 5.19. The van der Waals surface area contributed by atoms with Gasteiger partial charge in [-0.3, -0.25) is 0 Å². The minimum Gasteiger partial charge on any atom is -0.393 e. The molecule has 108 valence electrons. The van der Waals surface area contributed by atoms with Crippen LogP contribution >= 0.6 is 0 Å². The van der Waals surface area contributed by atoms with Crippen LogP contribution in [0.5, 0.6) is 0 Å². The highest BCUT2D eigenvalue weighted by atomic mass is 19.2. The van der Waals surface area contributed by atoms with Gasteiger partial charge in [0.2, 0.25) is 0 Å². The van der Waals surface area contributed by atoms with E-state index in [1.165, 1.54) is 37.8 Å². The van der Waals surface area contributed by atoms with Crippen LogP contribution in [-0.2, 0) is 6.42 Å². The van der Waals surface area contributed by atoms with E-state index in [2.05, 4.69) is 6.92 Å². The zero-order chi connectivity index (χ0) is 14.1. The van der Waals surface area contributed by atoms with Crippen LogP contribution in [0.4, 0.5) is 8.78 Å². The maximum absolute atomic E-state index is 13.4. The van der Waals surface area contributed by atoms with Gasteiger partial charge < -0.3 is 5.11 Å². The van der Waals surface area contributed by atoms with Crippen LogP contribution in [0.2, 0.25) is 0 Å². The van der Waals surface area contributed by atoms with E-state index >= 15 is 0 Å². The fourth-order valence-corrected chi connectivity index (χ4v) is 2.22. The molecule has 0 aliphatic carbocycles. The SMILES string of the molecule is CCCCCCCCC(O)Cc1cccc(F)c1F. The molecule has 1 aromatic rings. The molecule has 1 nitrogen and oxygen atoms in total. The average molecular weight is 270 g/mol. The Bertz CT molecular complexity index is 366. The van der Waals surface area contributed by atoms with Gasteiger partial charge in [-0.2, -0.15) is 0 Å². The van der Waals surface area contributed by atoms with Crippen LogP contribution in [0.15, 0.2) is 18.2 Å². The number of benzene rings is 1. The van der Waals surface area contributed by atoms with Crippen LogP contribution in [-0.4, -0.2) is 11.2 Å². The molecule has 0 saturated carbocycles. The van der Waals surface area contributed by atoms with Crippen LogP contribution in [0.3, 0.4) is 0 Å². The van der Waals surface area contributed by atoms with Gasteiger partial charge in [-0.05, 0) is 18.1 Å². The van der Waals surface area contributed by atoms with Crippen LogP contribution in [0.1, 0.15) is 57.4 Å². The molecule has 1 aromatic carbocycles. The van der Waals surface area contributed by atoms with E-state index in [-0.39, 0.29) is 12.0 Å². The Balaban J connectivity index is 2.23. The molecule has 1 N–H and O–H groups in total. The predicted octanol–water partition coefficient (Wildman–Crippen LogP) is 4.62. The maximum Gasteiger partial charge on any atom is 0.162 e. The molecule has 0 aromatic heterocycles. The number of hydrogen-bond donors (Lipinski definition) is 1.